The van der Waals surface area contributed by atoms with Crippen molar-refractivity contribution in [3.63, 3.8) is 0 Å². The summed E-state index contributed by atoms with van der Waals surface area (Å²) in [6.07, 6.45) is 0. The summed E-state index contributed by atoms with van der Waals surface area (Å²) in [5, 5.41) is 9.06. The van der Waals surface area contributed by atoms with E-state index in [1.54, 1.807) is 13.8 Å². The predicted octanol–water partition coefficient (Wildman–Crippen LogP) is 3.92. The molecule has 0 spiro atoms. The van der Waals surface area contributed by atoms with Crippen molar-refractivity contribution in [2.45, 2.75) is 19.3 Å². The van der Waals surface area contributed by atoms with E-state index in [0.29, 0.717) is 0 Å². The number of aromatic nitrogens is 3. The molecule has 0 saturated carbocycles. The number of carboxylic acids is 1. The Morgan fingerprint density at radius 1 is 0.966 bits per heavy atom. The summed E-state index contributed by atoms with van der Waals surface area (Å²) in [6, 6.07) is 7.56. The molecule has 0 radical (unpaired) electrons. The monoisotopic (exact) mass is 585 g/mol. The number of pyridine rings is 3. The van der Waals surface area contributed by atoms with Crippen molar-refractivity contribution in [1.82, 2.24) is 15.0 Å². The average molecular weight is 585 g/mol. The van der Waals surface area contributed by atoms with E-state index in [2.05, 4.69) is 21.0 Å². The minimum absolute atomic E-state index is 0. The molecule has 29 heavy (non-hydrogen) atoms. The Kier molecular flexibility index (Phi) is 6.52. The molecule has 0 atom stereocenters. The van der Waals surface area contributed by atoms with Crippen LogP contribution in [-0.4, -0.2) is 26.0 Å². The molecule has 3 aromatic rings. The van der Waals surface area contributed by atoms with Gasteiger partial charge in [-0.3, -0.25) is 9.97 Å². The molecule has 3 rings (SSSR count). The van der Waals surface area contributed by atoms with Crippen LogP contribution in [0.5, 0.6) is 0 Å². The Morgan fingerprint density at radius 2 is 1.55 bits per heavy atom. The largest absolute Gasteiger partial charge is 0.476 e. The van der Waals surface area contributed by atoms with Gasteiger partial charge >= 0.3 is 5.97 Å². The average Bonchev–Trinajstić information content (AvgIpc) is 2.62. The molecule has 0 saturated heterocycles. The third-order valence-electron chi connectivity index (χ3n) is 4.16. The van der Waals surface area contributed by atoms with Gasteiger partial charge in [-0.25, -0.2) is 27.3 Å². The number of nitrogens with zero attached hydrogens (tertiary/aromatic N) is 3. The first-order valence-electron chi connectivity index (χ1n) is 7.92. The summed E-state index contributed by atoms with van der Waals surface area (Å²) in [7, 11) is 0. The summed E-state index contributed by atoms with van der Waals surface area (Å²) in [5.41, 5.74) is -2.43. The van der Waals surface area contributed by atoms with Gasteiger partial charge in [0.25, 0.3) is 0 Å². The maximum absolute atomic E-state index is 14.2. The van der Waals surface area contributed by atoms with E-state index in [1.165, 1.54) is 12.1 Å². The molecular weight excluding hydrogens is 573 g/mol. The Balaban J connectivity index is 0.00000300. The van der Waals surface area contributed by atoms with Gasteiger partial charge in [-0.15, -0.1) is 6.07 Å². The van der Waals surface area contributed by atoms with Crippen LogP contribution in [0, 0.1) is 29.6 Å². The van der Waals surface area contributed by atoms with Gasteiger partial charge in [0.05, 0.1) is 5.69 Å². The zero-order chi connectivity index (χ0) is 20.6. The molecule has 0 fully saturated rings. The fraction of sp³-hybridized carbons (Fsp3) is 0.158. The van der Waals surface area contributed by atoms with Crippen LogP contribution in [-0.2, 0) is 26.5 Å². The van der Waals surface area contributed by atoms with Crippen LogP contribution >= 0.6 is 0 Å². The number of halogens is 4. The number of hydrogen-bond acceptors (Lipinski definition) is 4. The normalized spacial score (nSPS) is 11.1. The van der Waals surface area contributed by atoms with Gasteiger partial charge in [0.2, 0.25) is 0 Å². The Hall–Kier alpha value is -2.67. The number of carbonyl (C=O) groups is 1. The Labute approximate surface area is 177 Å². The first-order chi connectivity index (χ1) is 13.1. The van der Waals surface area contributed by atoms with Gasteiger partial charge in [0.15, 0.2) is 11.5 Å². The van der Waals surface area contributed by atoms with Gasteiger partial charge in [-0.05, 0) is 38.1 Å². The molecule has 0 aromatic carbocycles. The van der Waals surface area contributed by atoms with Crippen molar-refractivity contribution in [3.05, 3.63) is 77.0 Å². The van der Waals surface area contributed by atoms with Gasteiger partial charge in [-0.1, -0.05) is 11.6 Å². The molecule has 3 aromatic heterocycles. The predicted molar refractivity (Wildman–Crippen MR) is 89.5 cm³/mol. The van der Waals surface area contributed by atoms with Crippen LogP contribution in [0.2, 0.25) is 0 Å². The minimum atomic E-state index is -1.54. The van der Waals surface area contributed by atoms with Crippen LogP contribution in [0.25, 0.3) is 11.3 Å². The van der Waals surface area contributed by atoms with Crippen molar-refractivity contribution in [2.75, 3.05) is 0 Å². The van der Waals surface area contributed by atoms with Crippen molar-refractivity contribution < 1.29 is 48.5 Å². The molecule has 10 heteroatoms. The molecule has 3 heterocycles. The second kappa shape index (κ2) is 8.37. The van der Waals surface area contributed by atoms with Gasteiger partial charge in [0, 0.05) is 37.9 Å². The Bertz CT molecular complexity index is 1090. The minimum Gasteiger partial charge on any atom is -0.476 e. The maximum atomic E-state index is 14.2. The molecule has 5 nitrogen and oxygen atoms in total. The third-order valence-corrected chi connectivity index (χ3v) is 4.16. The van der Waals surface area contributed by atoms with Gasteiger partial charge in [0.1, 0.15) is 17.7 Å². The first kappa shape index (κ1) is 22.6. The molecule has 0 amide bonds. The second-order valence-corrected chi connectivity index (χ2v) is 6.37. The number of carboxylic acid groups (broad SMARTS) is 1. The van der Waals surface area contributed by atoms with Crippen LogP contribution in [0.15, 0.2) is 30.3 Å². The molecule has 154 valence electrons. The number of hydrogen-bond donors (Lipinski definition) is 1. The van der Waals surface area contributed by atoms with Crippen molar-refractivity contribution in [3.8, 4) is 11.3 Å². The van der Waals surface area contributed by atoms with E-state index in [-0.39, 0.29) is 32.5 Å². The zero-order valence-electron chi connectivity index (χ0n) is 14.9. The standard InChI is InChI=1S/C19H12F4N3O2.Pt/c1-19(2,13-7-5-11(21)16(25-13)18(27)28)12-6-4-10(20)15(24-12)9-3-8-14(22)26-17(9)23;/h4-8H,1-2H3,(H,27,28);/q-1;. The molecule has 1 N–H and O–H groups in total. The second-order valence-electron chi connectivity index (χ2n) is 6.37. The van der Waals surface area contributed by atoms with E-state index in [4.69, 9.17) is 5.11 Å². The third kappa shape index (κ3) is 4.34. The van der Waals surface area contributed by atoms with E-state index in [9.17, 15) is 22.4 Å². The van der Waals surface area contributed by atoms with Crippen LogP contribution in [0.1, 0.15) is 35.7 Å². The van der Waals surface area contributed by atoms with Gasteiger partial charge < -0.3 is 5.11 Å². The molecular formula is C19H12F4N3O2Pt-. The zero-order valence-corrected chi connectivity index (χ0v) is 17.2. The van der Waals surface area contributed by atoms with Crippen LogP contribution in [0.3, 0.4) is 0 Å². The quantitative estimate of drug-likeness (QED) is 0.286. The summed E-state index contributed by atoms with van der Waals surface area (Å²) >= 11 is 0. The summed E-state index contributed by atoms with van der Waals surface area (Å²) in [6.45, 7) is 3.21. The smallest absolute Gasteiger partial charge is 0.357 e. The molecule has 0 unspecified atom stereocenters. The summed E-state index contributed by atoms with van der Waals surface area (Å²) in [5.74, 6) is -5.84. The molecule has 0 aliphatic heterocycles. The van der Waals surface area contributed by atoms with Crippen molar-refractivity contribution in [2.24, 2.45) is 0 Å². The van der Waals surface area contributed by atoms with Crippen LogP contribution < -0.4 is 0 Å². The van der Waals surface area contributed by atoms with Crippen molar-refractivity contribution in [1.29, 1.82) is 0 Å². The molecule has 0 aliphatic rings. The van der Waals surface area contributed by atoms with E-state index < -0.39 is 51.9 Å². The van der Waals surface area contributed by atoms with E-state index in [1.807, 2.05) is 0 Å². The van der Waals surface area contributed by atoms with Crippen molar-refractivity contribution >= 4 is 5.97 Å². The van der Waals surface area contributed by atoms with Crippen LogP contribution in [0.4, 0.5) is 17.6 Å². The topological polar surface area (TPSA) is 76.0 Å². The fourth-order valence-corrected chi connectivity index (χ4v) is 2.58. The van der Waals surface area contributed by atoms with Gasteiger partial charge in [-0.2, -0.15) is 0 Å². The van der Waals surface area contributed by atoms with E-state index >= 15 is 0 Å². The summed E-state index contributed by atoms with van der Waals surface area (Å²) < 4.78 is 54.8. The number of rotatable bonds is 4. The first-order valence-corrected chi connectivity index (χ1v) is 7.92. The van der Waals surface area contributed by atoms with E-state index in [0.717, 1.165) is 18.2 Å². The summed E-state index contributed by atoms with van der Waals surface area (Å²) in [4.78, 5) is 22.0. The Morgan fingerprint density at radius 3 is 2.14 bits per heavy atom. The maximum Gasteiger partial charge on any atom is 0.357 e. The number of aromatic carboxylic acids is 1. The molecule has 0 aliphatic carbocycles. The fourth-order valence-electron chi connectivity index (χ4n) is 2.58. The SMILES string of the molecule is CC(C)(c1ccc(F)c(C(=O)O)n1)c1ccc(F)c(-c2[c-]cc(F)nc2F)n1.[Pt]. The molecule has 0 bridgehead atoms.